The van der Waals surface area contributed by atoms with Gasteiger partial charge in [-0.1, -0.05) is 24.3 Å². The average molecular weight is 393 g/mol. The van der Waals surface area contributed by atoms with E-state index in [0.717, 1.165) is 56.2 Å². The van der Waals surface area contributed by atoms with Gasteiger partial charge in [0.2, 0.25) is 0 Å². The predicted molar refractivity (Wildman–Crippen MR) is 116 cm³/mol. The molecular weight excluding hydrogens is 360 g/mol. The molecule has 2 fully saturated rings. The van der Waals surface area contributed by atoms with E-state index in [-0.39, 0.29) is 5.91 Å². The third-order valence-electron chi connectivity index (χ3n) is 6.38. The number of carbonyl (C=O) groups is 1. The fraction of sp³-hybridized carbons (Fsp3) is 0.500. The number of benzene rings is 1. The molecule has 29 heavy (non-hydrogen) atoms. The van der Waals surface area contributed by atoms with Gasteiger partial charge in [0.1, 0.15) is 0 Å². The summed E-state index contributed by atoms with van der Waals surface area (Å²) in [6, 6.07) is 16.4. The number of hydrogen-bond donors (Lipinski definition) is 2. The van der Waals surface area contributed by atoms with Crippen molar-refractivity contribution in [3.05, 3.63) is 66.0 Å². The molecule has 0 radical (unpaired) electrons. The van der Waals surface area contributed by atoms with Crippen LogP contribution in [0, 0.1) is 5.92 Å². The maximum atomic E-state index is 12.3. The number of hydrogen-bond acceptors (Lipinski definition) is 4. The Kier molecular flexibility index (Phi) is 6.91. The van der Waals surface area contributed by atoms with Crippen LogP contribution < -0.4 is 10.6 Å². The summed E-state index contributed by atoms with van der Waals surface area (Å²) in [4.78, 5) is 19.4. The second-order valence-electron chi connectivity index (χ2n) is 8.41. The fourth-order valence-electron chi connectivity index (χ4n) is 4.61. The molecular formula is C24H32N4O. The Hall–Kier alpha value is -2.24. The van der Waals surface area contributed by atoms with Crippen molar-refractivity contribution < 1.29 is 4.79 Å². The Morgan fingerprint density at radius 2 is 1.86 bits per heavy atom. The van der Waals surface area contributed by atoms with Crippen LogP contribution in [0.5, 0.6) is 0 Å². The van der Waals surface area contributed by atoms with Gasteiger partial charge in [0.05, 0.1) is 11.7 Å². The quantitative estimate of drug-likeness (QED) is 0.791. The SMILES string of the molecule is O=C(NC1CCC(CCN2CCNC(c3ccccn3)C2)CC1)c1ccccc1. The molecule has 2 heterocycles. The molecule has 154 valence electrons. The van der Waals surface area contributed by atoms with Crippen molar-refractivity contribution in [2.75, 3.05) is 26.2 Å². The summed E-state index contributed by atoms with van der Waals surface area (Å²) in [6.45, 7) is 4.35. The van der Waals surface area contributed by atoms with Crippen LogP contribution in [0.1, 0.15) is 54.2 Å². The number of nitrogens with zero attached hydrogens (tertiary/aromatic N) is 2. The van der Waals surface area contributed by atoms with Gasteiger partial charge in [-0.05, 0) is 68.8 Å². The standard InChI is InChI=1S/C24H32N4O/c29-24(20-6-2-1-3-7-20)27-21-11-9-19(10-12-21)13-16-28-17-15-26-23(18-28)22-8-4-5-14-25-22/h1-8,14,19,21,23,26H,9-13,15-18H2,(H,27,29). The van der Waals surface area contributed by atoms with Crippen LogP contribution in [-0.4, -0.2) is 48.0 Å². The zero-order valence-corrected chi connectivity index (χ0v) is 17.1. The first kappa shape index (κ1) is 20.0. The van der Waals surface area contributed by atoms with Crippen molar-refractivity contribution >= 4 is 5.91 Å². The Bertz CT molecular complexity index is 759. The van der Waals surface area contributed by atoms with Gasteiger partial charge in [0.25, 0.3) is 5.91 Å². The van der Waals surface area contributed by atoms with Crippen molar-refractivity contribution in [2.45, 2.75) is 44.2 Å². The van der Waals surface area contributed by atoms with Gasteiger partial charge in [-0.15, -0.1) is 0 Å². The van der Waals surface area contributed by atoms with Gasteiger partial charge in [-0.2, -0.15) is 0 Å². The Balaban J connectivity index is 1.18. The molecule has 1 saturated heterocycles. The van der Waals surface area contributed by atoms with E-state index < -0.39 is 0 Å². The van der Waals surface area contributed by atoms with E-state index in [1.54, 1.807) is 0 Å². The van der Waals surface area contributed by atoms with Crippen molar-refractivity contribution in [1.29, 1.82) is 0 Å². The number of rotatable bonds is 6. The third kappa shape index (κ3) is 5.64. The van der Waals surface area contributed by atoms with E-state index in [0.29, 0.717) is 12.1 Å². The number of amides is 1. The molecule has 0 spiro atoms. The molecule has 2 aromatic rings. The molecule has 1 aliphatic carbocycles. The van der Waals surface area contributed by atoms with E-state index in [4.69, 9.17) is 0 Å². The molecule has 1 saturated carbocycles. The summed E-state index contributed by atoms with van der Waals surface area (Å²) in [5.41, 5.74) is 1.91. The van der Waals surface area contributed by atoms with Gasteiger partial charge in [0.15, 0.2) is 0 Å². The first-order valence-corrected chi connectivity index (χ1v) is 11.0. The lowest BCUT2D eigenvalue weighted by Crippen LogP contribution is -2.46. The molecule has 5 heteroatoms. The molecule has 1 unspecified atom stereocenters. The topological polar surface area (TPSA) is 57.3 Å². The minimum atomic E-state index is 0.0652. The second-order valence-corrected chi connectivity index (χ2v) is 8.41. The maximum absolute atomic E-state index is 12.3. The predicted octanol–water partition coefficient (Wildman–Crippen LogP) is 3.41. The average Bonchev–Trinajstić information content (AvgIpc) is 2.80. The Labute approximate surface area is 173 Å². The van der Waals surface area contributed by atoms with Crippen molar-refractivity contribution in [3.63, 3.8) is 0 Å². The van der Waals surface area contributed by atoms with Crippen LogP contribution in [0.25, 0.3) is 0 Å². The van der Waals surface area contributed by atoms with E-state index >= 15 is 0 Å². The second kappa shape index (κ2) is 9.99. The Morgan fingerprint density at radius 3 is 2.62 bits per heavy atom. The molecule has 1 amide bonds. The summed E-state index contributed by atoms with van der Waals surface area (Å²) < 4.78 is 0. The van der Waals surface area contributed by atoms with E-state index in [9.17, 15) is 4.79 Å². The van der Waals surface area contributed by atoms with Crippen LogP contribution in [0.2, 0.25) is 0 Å². The molecule has 2 N–H and O–H groups in total. The first-order valence-electron chi connectivity index (χ1n) is 11.0. The van der Waals surface area contributed by atoms with Crippen molar-refractivity contribution in [2.24, 2.45) is 5.92 Å². The molecule has 1 atom stereocenters. The van der Waals surface area contributed by atoms with Crippen molar-refractivity contribution in [1.82, 2.24) is 20.5 Å². The summed E-state index contributed by atoms with van der Waals surface area (Å²) in [6.07, 6.45) is 7.77. The van der Waals surface area contributed by atoms with E-state index in [1.807, 2.05) is 42.6 Å². The zero-order chi connectivity index (χ0) is 19.9. The highest BCUT2D eigenvalue weighted by atomic mass is 16.1. The number of pyridine rings is 1. The zero-order valence-electron chi connectivity index (χ0n) is 17.1. The minimum absolute atomic E-state index is 0.0652. The van der Waals surface area contributed by atoms with Gasteiger partial charge in [0, 0.05) is 37.4 Å². The summed E-state index contributed by atoms with van der Waals surface area (Å²) >= 11 is 0. The molecule has 2 aliphatic rings. The van der Waals surface area contributed by atoms with Crippen LogP contribution >= 0.6 is 0 Å². The van der Waals surface area contributed by atoms with Gasteiger partial charge in [-0.3, -0.25) is 9.78 Å². The minimum Gasteiger partial charge on any atom is -0.349 e. The highest BCUT2D eigenvalue weighted by molar-refractivity contribution is 5.94. The lowest BCUT2D eigenvalue weighted by molar-refractivity contribution is 0.0919. The van der Waals surface area contributed by atoms with Crippen LogP contribution in [0.3, 0.4) is 0 Å². The third-order valence-corrected chi connectivity index (χ3v) is 6.38. The fourth-order valence-corrected chi connectivity index (χ4v) is 4.61. The van der Waals surface area contributed by atoms with E-state index in [2.05, 4.69) is 32.7 Å². The monoisotopic (exact) mass is 392 g/mol. The Morgan fingerprint density at radius 1 is 1.07 bits per heavy atom. The number of aromatic nitrogens is 1. The molecule has 4 rings (SSSR count). The smallest absolute Gasteiger partial charge is 0.251 e. The van der Waals surface area contributed by atoms with Gasteiger partial charge >= 0.3 is 0 Å². The highest BCUT2D eigenvalue weighted by Gasteiger charge is 2.25. The van der Waals surface area contributed by atoms with Gasteiger partial charge < -0.3 is 15.5 Å². The normalized spacial score (nSPS) is 25.4. The molecule has 1 aromatic heterocycles. The first-order chi connectivity index (χ1) is 14.3. The summed E-state index contributed by atoms with van der Waals surface area (Å²) in [7, 11) is 0. The lowest BCUT2D eigenvalue weighted by atomic mass is 9.84. The summed E-state index contributed by atoms with van der Waals surface area (Å²) in [5, 5.41) is 6.82. The lowest BCUT2D eigenvalue weighted by Gasteiger charge is -2.35. The number of carbonyl (C=O) groups excluding carboxylic acids is 1. The largest absolute Gasteiger partial charge is 0.349 e. The van der Waals surface area contributed by atoms with Crippen LogP contribution in [0.15, 0.2) is 54.7 Å². The van der Waals surface area contributed by atoms with Crippen LogP contribution in [-0.2, 0) is 0 Å². The van der Waals surface area contributed by atoms with Crippen molar-refractivity contribution in [3.8, 4) is 0 Å². The molecule has 0 bridgehead atoms. The van der Waals surface area contributed by atoms with Crippen LogP contribution in [0.4, 0.5) is 0 Å². The van der Waals surface area contributed by atoms with Gasteiger partial charge in [-0.25, -0.2) is 0 Å². The molecule has 5 nitrogen and oxygen atoms in total. The highest BCUT2D eigenvalue weighted by Crippen LogP contribution is 2.28. The maximum Gasteiger partial charge on any atom is 0.251 e. The van der Waals surface area contributed by atoms with E-state index in [1.165, 1.54) is 19.3 Å². The number of piperazine rings is 1. The summed E-state index contributed by atoms with van der Waals surface area (Å²) in [5.74, 6) is 0.846. The molecule has 1 aromatic carbocycles. The number of nitrogens with one attached hydrogen (secondary N) is 2. The molecule has 1 aliphatic heterocycles.